The normalized spacial score (nSPS) is 16.5. The van der Waals surface area contributed by atoms with Crippen molar-refractivity contribution in [1.82, 2.24) is 25.5 Å². The Morgan fingerprint density at radius 2 is 2.16 bits per heavy atom. The molecule has 0 aliphatic carbocycles. The highest BCUT2D eigenvalue weighted by atomic mass is 15.5. The lowest BCUT2D eigenvalue weighted by molar-refractivity contribution is 0.479. The van der Waals surface area contributed by atoms with E-state index in [9.17, 15) is 0 Å². The van der Waals surface area contributed by atoms with Gasteiger partial charge in [-0.05, 0) is 61.0 Å². The highest BCUT2D eigenvalue weighted by molar-refractivity contribution is 5.57. The minimum Gasteiger partial charge on any atom is -0.382 e. The van der Waals surface area contributed by atoms with Crippen molar-refractivity contribution in [2.45, 2.75) is 25.8 Å². The summed E-state index contributed by atoms with van der Waals surface area (Å²) in [4.78, 5) is 0. The number of aryl methyl sites for hydroxylation is 1. The van der Waals surface area contributed by atoms with Gasteiger partial charge in [-0.3, -0.25) is 0 Å². The molecule has 2 heterocycles. The summed E-state index contributed by atoms with van der Waals surface area (Å²) in [6, 6.07) is 6.78. The number of benzene rings is 1. The fourth-order valence-electron chi connectivity index (χ4n) is 2.37. The second-order valence-electron chi connectivity index (χ2n) is 4.92. The van der Waals surface area contributed by atoms with Gasteiger partial charge in [-0.15, -0.1) is 5.10 Å². The van der Waals surface area contributed by atoms with E-state index in [1.54, 1.807) is 11.0 Å². The van der Waals surface area contributed by atoms with Crippen LogP contribution in [0.25, 0.3) is 5.69 Å². The van der Waals surface area contributed by atoms with Crippen molar-refractivity contribution < 1.29 is 0 Å². The molecule has 1 aliphatic heterocycles. The molecule has 0 atom stereocenters. The molecule has 2 aromatic rings. The first-order valence-electron chi connectivity index (χ1n) is 6.64. The van der Waals surface area contributed by atoms with Crippen LogP contribution in [0.3, 0.4) is 0 Å². The van der Waals surface area contributed by atoms with Crippen LogP contribution < -0.4 is 10.6 Å². The van der Waals surface area contributed by atoms with Gasteiger partial charge in [-0.25, -0.2) is 4.68 Å². The third-order valence-corrected chi connectivity index (χ3v) is 3.53. The summed E-state index contributed by atoms with van der Waals surface area (Å²) in [7, 11) is 0. The summed E-state index contributed by atoms with van der Waals surface area (Å²) in [6.07, 6.45) is 3.93. The van der Waals surface area contributed by atoms with E-state index in [4.69, 9.17) is 0 Å². The fraction of sp³-hybridized carbons (Fsp3) is 0.462. The van der Waals surface area contributed by atoms with Crippen LogP contribution in [0.15, 0.2) is 24.5 Å². The van der Waals surface area contributed by atoms with Gasteiger partial charge >= 0.3 is 0 Å². The molecule has 0 spiro atoms. The molecule has 0 radical (unpaired) electrons. The van der Waals surface area contributed by atoms with E-state index in [2.05, 4.69) is 45.2 Å². The zero-order chi connectivity index (χ0) is 13.1. The number of hydrogen-bond acceptors (Lipinski definition) is 5. The monoisotopic (exact) mass is 258 g/mol. The molecule has 6 heteroatoms. The zero-order valence-electron chi connectivity index (χ0n) is 11.0. The number of tetrazole rings is 1. The van der Waals surface area contributed by atoms with E-state index in [1.165, 1.54) is 11.3 Å². The topological polar surface area (TPSA) is 67.7 Å². The summed E-state index contributed by atoms with van der Waals surface area (Å²) in [6.45, 7) is 4.29. The number of rotatable bonds is 3. The van der Waals surface area contributed by atoms with Crippen molar-refractivity contribution in [3.05, 3.63) is 30.1 Å². The number of nitrogens with one attached hydrogen (secondary N) is 2. The predicted molar refractivity (Wildman–Crippen MR) is 73.4 cm³/mol. The average molecular weight is 258 g/mol. The fourth-order valence-corrected chi connectivity index (χ4v) is 2.37. The van der Waals surface area contributed by atoms with Crippen molar-refractivity contribution in [2.24, 2.45) is 0 Å². The van der Waals surface area contributed by atoms with Crippen molar-refractivity contribution in [3.8, 4) is 5.69 Å². The van der Waals surface area contributed by atoms with Gasteiger partial charge in [0.05, 0.1) is 5.69 Å². The van der Waals surface area contributed by atoms with Crippen molar-refractivity contribution >= 4 is 5.69 Å². The SMILES string of the molecule is Cc1ccc(-n2cnnn2)cc1NC1CCNCC1. The summed E-state index contributed by atoms with van der Waals surface area (Å²) >= 11 is 0. The lowest BCUT2D eigenvalue weighted by Gasteiger charge is -2.25. The lowest BCUT2D eigenvalue weighted by Crippen LogP contribution is -2.35. The maximum Gasteiger partial charge on any atom is 0.143 e. The van der Waals surface area contributed by atoms with Crippen LogP contribution >= 0.6 is 0 Å². The first kappa shape index (κ1) is 12.1. The highest BCUT2D eigenvalue weighted by Gasteiger charge is 2.13. The van der Waals surface area contributed by atoms with Crippen LogP contribution in [-0.2, 0) is 0 Å². The second kappa shape index (κ2) is 5.36. The van der Waals surface area contributed by atoms with Gasteiger partial charge in [0.1, 0.15) is 6.33 Å². The Hall–Kier alpha value is -1.95. The van der Waals surface area contributed by atoms with Gasteiger partial charge in [0.2, 0.25) is 0 Å². The molecule has 100 valence electrons. The van der Waals surface area contributed by atoms with Crippen molar-refractivity contribution in [3.63, 3.8) is 0 Å². The first-order valence-corrected chi connectivity index (χ1v) is 6.64. The largest absolute Gasteiger partial charge is 0.382 e. The van der Waals surface area contributed by atoms with Crippen LogP contribution in [0.2, 0.25) is 0 Å². The Bertz CT molecular complexity index is 530. The van der Waals surface area contributed by atoms with E-state index in [-0.39, 0.29) is 0 Å². The molecule has 0 saturated carbocycles. The molecular weight excluding hydrogens is 240 g/mol. The Labute approximate surface area is 112 Å². The molecule has 1 aromatic carbocycles. The number of piperidine rings is 1. The van der Waals surface area contributed by atoms with Gasteiger partial charge in [0.15, 0.2) is 0 Å². The third kappa shape index (κ3) is 2.73. The van der Waals surface area contributed by atoms with E-state index in [1.807, 2.05) is 6.07 Å². The number of nitrogens with zero attached hydrogens (tertiary/aromatic N) is 4. The van der Waals surface area contributed by atoms with Gasteiger partial charge < -0.3 is 10.6 Å². The summed E-state index contributed by atoms with van der Waals surface area (Å²) in [5.41, 5.74) is 3.39. The van der Waals surface area contributed by atoms with Crippen molar-refractivity contribution in [1.29, 1.82) is 0 Å². The van der Waals surface area contributed by atoms with E-state index < -0.39 is 0 Å². The van der Waals surface area contributed by atoms with Gasteiger partial charge in [0.25, 0.3) is 0 Å². The molecule has 1 aliphatic rings. The average Bonchev–Trinajstić information content (AvgIpc) is 2.96. The molecular formula is C13H18N6. The summed E-state index contributed by atoms with van der Waals surface area (Å²) < 4.78 is 1.67. The van der Waals surface area contributed by atoms with E-state index in [0.29, 0.717) is 6.04 Å². The number of hydrogen-bond donors (Lipinski definition) is 2. The van der Waals surface area contributed by atoms with Gasteiger partial charge in [0, 0.05) is 11.7 Å². The standard InChI is InChI=1S/C13H18N6/c1-10-2-3-12(19-9-15-17-18-19)8-13(10)16-11-4-6-14-7-5-11/h2-3,8-9,11,14,16H,4-7H2,1H3. The smallest absolute Gasteiger partial charge is 0.143 e. The van der Waals surface area contributed by atoms with E-state index >= 15 is 0 Å². The molecule has 0 bridgehead atoms. The highest BCUT2D eigenvalue weighted by Crippen LogP contribution is 2.21. The van der Waals surface area contributed by atoms with Crippen LogP contribution in [0.5, 0.6) is 0 Å². The van der Waals surface area contributed by atoms with Crippen LogP contribution in [0, 0.1) is 6.92 Å². The third-order valence-electron chi connectivity index (χ3n) is 3.53. The van der Waals surface area contributed by atoms with Crippen molar-refractivity contribution in [2.75, 3.05) is 18.4 Å². The molecule has 1 saturated heterocycles. The number of aromatic nitrogens is 4. The second-order valence-corrected chi connectivity index (χ2v) is 4.92. The molecule has 1 fully saturated rings. The minimum absolute atomic E-state index is 0.545. The predicted octanol–water partition coefficient (Wildman–Crippen LogP) is 1.13. The lowest BCUT2D eigenvalue weighted by atomic mass is 10.1. The van der Waals surface area contributed by atoms with Crippen LogP contribution in [0.4, 0.5) is 5.69 Å². The molecule has 19 heavy (non-hydrogen) atoms. The van der Waals surface area contributed by atoms with Gasteiger partial charge in [-0.2, -0.15) is 0 Å². The Balaban J connectivity index is 1.81. The van der Waals surface area contributed by atoms with E-state index in [0.717, 1.165) is 31.6 Å². The summed E-state index contributed by atoms with van der Waals surface area (Å²) in [5, 5.41) is 18.3. The molecule has 6 nitrogen and oxygen atoms in total. The maximum absolute atomic E-state index is 3.92. The molecule has 1 aromatic heterocycles. The minimum atomic E-state index is 0.545. The Kier molecular flexibility index (Phi) is 3.41. The molecule has 3 rings (SSSR count). The Morgan fingerprint density at radius 3 is 2.89 bits per heavy atom. The quantitative estimate of drug-likeness (QED) is 0.864. The van der Waals surface area contributed by atoms with Crippen LogP contribution in [-0.4, -0.2) is 39.3 Å². The van der Waals surface area contributed by atoms with Crippen LogP contribution in [0.1, 0.15) is 18.4 Å². The zero-order valence-corrected chi connectivity index (χ0v) is 11.0. The van der Waals surface area contributed by atoms with Gasteiger partial charge in [-0.1, -0.05) is 6.07 Å². The molecule has 2 N–H and O–H groups in total. The Morgan fingerprint density at radius 1 is 1.32 bits per heavy atom. The summed E-state index contributed by atoms with van der Waals surface area (Å²) in [5.74, 6) is 0. The first-order chi connectivity index (χ1) is 9.33. The molecule has 0 amide bonds. The molecule has 0 unspecified atom stereocenters. The number of anilines is 1. The maximum atomic E-state index is 3.92.